The normalized spacial score (nSPS) is 11.6. The molecule has 0 aliphatic carbocycles. The number of hydrogen-bond acceptors (Lipinski definition) is 7. The molecule has 0 saturated carbocycles. The molecule has 0 spiro atoms. The van der Waals surface area contributed by atoms with Crippen LogP contribution in [0.3, 0.4) is 0 Å². The summed E-state index contributed by atoms with van der Waals surface area (Å²) in [5, 5.41) is 18.2. The van der Waals surface area contributed by atoms with Crippen LogP contribution in [0.5, 0.6) is 5.75 Å². The first-order chi connectivity index (χ1) is 15.4. The van der Waals surface area contributed by atoms with Gasteiger partial charge in [0.1, 0.15) is 5.75 Å². The maximum atomic E-state index is 5.84. The molecule has 0 N–H and O–H groups in total. The molecule has 32 heavy (non-hydrogen) atoms. The van der Waals surface area contributed by atoms with E-state index in [0.717, 1.165) is 35.3 Å². The fourth-order valence-corrected chi connectivity index (χ4v) is 3.98. The molecule has 0 unspecified atom stereocenters. The number of aryl methyl sites for hydroxylation is 1. The van der Waals surface area contributed by atoms with Gasteiger partial charge in [0, 0.05) is 17.5 Å². The summed E-state index contributed by atoms with van der Waals surface area (Å²) in [6, 6.07) is 18.3. The largest absolute Gasteiger partial charge is 0.497 e. The third kappa shape index (κ3) is 5.19. The van der Waals surface area contributed by atoms with Gasteiger partial charge in [0.05, 0.1) is 12.9 Å². The predicted molar refractivity (Wildman–Crippen MR) is 125 cm³/mol. The third-order valence-corrected chi connectivity index (χ3v) is 5.92. The third-order valence-electron chi connectivity index (χ3n) is 4.97. The highest BCUT2D eigenvalue weighted by Crippen LogP contribution is 2.29. The maximum Gasteiger partial charge on any atom is 0.226 e. The van der Waals surface area contributed by atoms with Gasteiger partial charge in [-0.2, -0.15) is 0 Å². The molecule has 7 nitrogen and oxygen atoms in total. The van der Waals surface area contributed by atoms with E-state index >= 15 is 0 Å². The lowest BCUT2D eigenvalue weighted by Crippen LogP contribution is -2.11. The summed E-state index contributed by atoms with van der Waals surface area (Å²) in [5.41, 5.74) is 2.09. The average Bonchev–Trinajstić information content (AvgIpc) is 3.44. The van der Waals surface area contributed by atoms with E-state index in [1.54, 1.807) is 18.9 Å². The van der Waals surface area contributed by atoms with E-state index in [1.165, 1.54) is 5.56 Å². The second-order valence-electron chi connectivity index (χ2n) is 8.46. The van der Waals surface area contributed by atoms with Gasteiger partial charge in [-0.25, -0.2) is 0 Å². The van der Waals surface area contributed by atoms with Crippen molar-refractivity contribution in [1.29, 1.82) is 0 Å². The fraction of sp³-hybridized carbons (Fsp3) is 0.333. The zero-order chi connectivity index (χ0) is 22.6. The molecule has 0 fully saturated rings. The quantitative estimate of drug-likeness (QED) is 0.343. The highest BCUT2D eigenvalue weighted by atomic mass is 32.2. The van der Waals surface area contributed by atoms with Crippen LogP contribution in [0.1, 0.15) is 38.1 Å². The average molecular weight is 450 g/mol. The van der Waals surface area contributed by atoms with Crippen molar-refractivity contribution in [2.75, 3.05) is 7.11 Å². The van der Waals surface area contributed by atoms with Crippen LogP contribution >= 0.6 is 11.8 Å². The van der Waals surface area contributed by atoms with Crippen molar-refractivity contribution in [3.63, 3.8) is 0 Å². The first-order valence-corrected chi connectivity index (χ1v) is 11.5. The van der Waals surface area contributed by atoms with Crippen molar-refractivity contribution >= 4 is 11.8 Å². The molecule has 0 amide bonds. The van der Waals surface area contributed by atoms with Crippen LogP contribution in [0.15, 0.2) is 64.2 Å². The lowest BCUT2D eigenvalue weighted by molar-refractivity contribution is 0.378. The number of hydrogen-bond donors (Lipinski definition) is 0. The Labute approximate surface area is 192 Å². The van der Waals surface area contributed by atoms with Crippen molar-refractivity contribution in [1.82, 2.24) is 25.0 Å². The minimum atomic E-state index is -0.173. The van der Waals surface area contributed by atoms with Crippen LogP contribution in [-0.2, 0) is 24.1 Å². The summed E-state index contributed by atoms with van der Waals surface area (Å²) in [6.45, 7) is 6.92. The second kappa shape index (κ2) is 9.56. The standard InChI is InChI=1S/C24H27N5O2S/c1-24(2,3)22-27-25-20(31-22)16-32-23-28-26-21(18-10-12-19(30-4)13-11-18)29(23)15-14-17-8-6-5-7-9-17/h5-13H,14-16H2,1-4H3. The van der Waals surface area contributed by atoms with E-state index in [1.807, 2.05) is 30.3 Å². The van der Waals surface area contributed by atoms with Crippen molar-refractivity contribution < 1.29 is 9.15 Å². The Bertz CT molecular complexity index is 1150. The van der Waals surface area contributed by atoms with Gasteiger partial charge in [-0.1, -0.05) is 62.9 Å². The highest BCUT2D eigenvalue weighted by Gasteiger charge is 2.22. The Morgan fingerprint density at radius 1 is 0.938 bits per heavy atom. The number of thioether (sulfide) groups is 1. The summed E-state index contributed by atoms with van der Waals surface area (Å²) in [4.78, 5) is 0. The number of methoxy groups -OCH3 is 1. The molecule has 8 heteroatoms. The van der Waals surface area contributed by atoms with E-state index < -0.39 is 0 Å². The SMILES string of the molecule is COc1ccc(-c2nnc(SCc3nnc(C(C)(C)C)o3)n2CCc2ccccc2)cc1. The van der Waals surface area contributed by atoms with E-state index in [0.29, 0.717) is 17.5 Å². The molecule has 4 rings (SSSR count). The van der Waals surface area contributed by atoms with Gasteiger partial charge < -0.3 is 13.7 Å². The summed E-state index contributed by atoms with van der Waals surface area (Å²) >= 11 is 1.55. The van der Waals surface area contributed by atoms with Gasteiger partial charge in [-0.05, 0) is 36.2 Å². The van der Waals surface area contributed by atoms with Crippen molar-refractivity contribution in [2.24, 2.45) is 0 Å². The maximum absolute atomic E-state index is 5.84. The van der Waals surface area contributed by atoms with Gasteiger partial charge in [-0.15, -0.1) is 20.4 Å². The Morgan fingerprint density at radius 3 is 2.34 bits per heavy atom. The number of nitrogens with zero attached hydrogens (tertiary/aromatic N) is 5. The van der Waals surface area contributed by atoms with E-state index in [2.05, 4.69) is 70.0 Å². The molecule has 0 saturated heterocycles. The summed E-state index contributed by atoms with van der Waals surface area (Å²) in [5.74, 6) is 3.40. The zero-order valence-electron chi connectivity index (χ0n) is 18.8. The van der Waals surface area contributed by atoms with Crippen LogP contribution < -0.4 is 4.74 Å². The van der Waals surface area contributed by atoms with Crippen LogP contribution in [0.2, 0.25) is 0 Å². The zero-order valence-corrected chi connectivity index (χ0v) is 19.6. The van der Waals surface area contributed by atoms with Crippen LogP contribution in [0.25, 0.3) is 11.4 Å². The Hall–Kier alpha value is -3.13. The van der Waals surface area contributed by atoms with Crippen LogP contribution in [-0.4, -0.2) is 32.1 Å². The molecule has 0 aliphatic rings. The van der Waals surface area contributed by atoms with E-state index in [9.17, 15) is 0 Å². The lowest BCUT2D eigenvalue weighted by Gasteiger charge is -2.11. The summed E-state index contributed by atoms with van der Waals surface area (Å²) < 4.78 is 13.3. The van der Waals surface area contributed by atoms with Gasteiger partial charge in [0.25, 0.3) is 0 Å². The first-order valence-electron chi connectivity index (χ1n) is 10.5. The molecule has 2 aromatic heterocycles. The summed E-state index contributed by atoms with van der Waals surface area (Å²) in [7, 11) is 1.66. The van der Waals surface area contributed by atoms with Gasteiger partial charge in [0.15, 0.2) is 11.0 Å². The topological polar surface area (TPSA) is 78.9 Å². The van der Waals surface area contributed by atoms with Crippen molar-refractivity contribution in [3.8, 4) is 17.1 Å². The van der Waals surface area contributed by atoms with Crippen molar-refractivity contribution in [3.05, 3.63) is 71.9 Å². The first kappa shape index (κ1) is 22.1. The number of aromatic nitrogens is 5. The Kier molecular flexibility index (Phi) is 6.60. The number of benzene rings is 2. The smallest absolute Gasteiger partial charge is 0.226 e. The van der Waals surface area contributed by atoms with E-state index in [4.69, 9.17) is 9.15 Å². The minimum absolute atomic E-state index is 0.173. The van der Waals surface area contributed by atoms with Crippen LogP contribution in [0.4, 0.5) is 0 Å². The highest BCUT2D eigenvalue weighted by molar-refractivity contribution is 7.98. The monoisotopic (exact) mass is 449 g/mol. The molecule has 2 heterocycles. The Balaban J connectivity index is 1.57. The molecular weight excluding hydrogens is 422 g/mol. The molecule has 166 valence electrons. The van der Waals surface area contributed by atoms with Crippen LogP contribution in [0, 0.1) is 0 Å². The molecule has 0 radical (unpaired) electrons. The second-order valence-corrected chi connectivity index (χ2v) is 9.40. The molecular formula is C24H27N5O2S. The Morgan fingerprint density at radius 2 is 1.69 bits per heavy atom. The molecule has 2 aromatic carbocycles. The number of rotatable bonds is 8. The lowest BCUT2D eigenvalue weighted by atomic mass is 9.97. The van der Waals surface area contributed by atoms with Crippen molar-refractivity contribution in [2.45, 2.75) is 50.1 Å². The van der Waals surface area contributed by atoms with Gasteiger partial charge in [-0.3, -0.25) is 0 Å². The predicted octanol–water partition coefficient (Wildman–Crippen LogP) is 5.17. The van der Waals surface area contributed by atoms with Gasteiger partial charge in [0.2, 0.25) is 11.8 Å². The molecule has 0 aliphatic heterocycles. The van der Waals surface area contributed by atoms with Gasteiger partial charge >= 0.3 is 0 Å². The molecule has 4 aromatic rings. The van der Waals surface area contributed by atoms with E-state index in [-0.39, 0.29) is 5.41 Å². The fourth-order valence-electron chi connectivity index (χ4n) is 3.18. The summed E-state index contributed by atoms with van der Waals surface area (Å²) in [6.07, 6.45) is 0.879. The number of ether oxygens (including phenoxy) is 1. The minimum Gasteiger partial charge on any atom is -0.497 e. The molecule has 0 bridgehead atoms. The molecule has 0 atom stereocenters.